The quantitative estimate of drug-likeness (QED) is 0.916. The van der Waals surface area contributed by atoms with E-state index in [-0.39, 0.29) is 4.90 Å². The molecular formula is C15H16ClNO3S. The first kappa shape index (κ1) is 15.8. The molecule has 0 aliphatic heterocycles. The van der Waals surface area contributed by atoms with Crippen LogP contribution in [0.15, 0.2) is 47.4 Å². The molecule has 2 aromatic rings. The van der Waals surface area contributed by atoms with Crippen LogP contribution in [0, 0.1) is 0 Å². The molecular weight excluding hydrogens is 310 g/mol. The van der Waals surface area contributed by atoms with Gasteiger partial charge in [-0.3, -0.25) is 0 Å². The first-order chi connectivity index (χ1) is 9.90. The fraction of sp³-hybridized carbons (Fsp3) is 0.200. The van der Waals surface area contributed by atoms with Crippen molar-refractivity contribution in [1.29, 1.82) is 0 Å². The summed E-state index contributed by atoms with van der Waals surface area (Å²) in [5.74, 6) is 1.01. The molecule has 0 unspecified atom stereocenters. The van der Waals surface area contributed by atoms with Crippen LogP contribution in [0.25, 0.3) is 0 Å². The van der Waals surface area contributed by atoms with E-state index in [2.05, 4.69) is 5.32 Å². The van der Waals surface area contributed by atoms with Crippen LogP contribution in [0.2, 0.25) is 5.02 Å². The van der Waals surface area contributed by atoms with Gasteiger partial charge in [0.05, 0.1) is 4.90 Å². The zero-order valence-corrected chi connectivity index (χ0v) is 13.3. The van der Waals surface area contributed by atoms with Gasteiger partial charge in [-0.15, -0.1) is 0 Å². The van der Waals surface area contributed by atoms with Crippen LogP contribution in [-0.4, -0.2) is 21.7 Å². The van der Waals surface area contributed by atoms with Crippen molar-refractivity contribution < 1.29 is 13.2 Å². The third-order valence-electron chi connectivity index (χ3n) is 2.86. The van der Waals surface area contributed by atoms with Crippen LogP contribution < -0.4 is 10.1 Å². The van der Waals surface area contributed by atoms with E-state index >= 15 is 0 Å². The minimum absolute atomic E-state index is 0.220. The Morgan fingerprint density at radius 2 is 1.86 bits per heavy atom. The Morgan fingerprint density at radius 1 is 1.14 bits per heavy atom. The summed E-state index contributed by atoms with van der Waals surface area (Å²) in [6.45, 7) is 0.669. The smallest absolute Gasteiger partial charge is 0.175 e. The zero-order chi connectivity index (χ0) is 15.5. The van der Waals surface area contributed by atoms with E-state index in [4.69, 9.17) is 16.3 Å². The maximum absolute atomic E-state index is 11.5. The number of sulfone groups is 1. The molecule has 0 heterocycles. The van der Waals surface area contributed by atoms with E-state index in [0.29, 0.717) is 23.1 Å². The number of ether oxygens (including phenoxy) is 1. The van der Waals surface area contributed by atoms with Gasteiger partial charge in [-0.1, -0.05) is 23.7 Å². The lowest BCUT2D eigenvalue weighted by molar-refractivity contribution is 0.480. The Balaban J connectivity index is 2.24. The van der Waals surface area contributed by atoms with Crippen molar-refractivity contribution in [2.24, 2.45) is 0 Å². The van der Waals surface area contributed by atoms with E-state index in [1.165, 1.54) is 12.1 Å². The van der Waals surface area contributed by atoms with E-state index in [9.17, 15) is 8.42 Å². The Morgan fingerprint density at radius 3 is 2.48 bits per heavy atom. The predicted octanol–water partition coefficient (Wildman–Crippen LogP) is 3.26. The second-order valence-corrected chi connectivity index (χ2v) is 7.06. The number of nitrogens with one attached hydrogen (secondary N) is 1. The van der Waals surface area contributed by atoms with Gasteiger partial charge in [0.15, 0.2) is 9.84 Å². The molecule has 0 amide bonds. The van der Waals surface area contributed by atoms with Crippen LogP contribution in [0.1, 0.15) is 5.56 Å². The van der Waals surface area contributed by atoms with Crippen LogP contribution in [0.3, 0.4) is 0 Å². The number of rotatable bonds is 5. The largest absolute Gasteiger partial charge is 0.457 e. The fourth-order valence-electron chi connectivity index (χ4n) is 1.83. The Bertz CT molecular complexity index is 744. The molecule has 112 valence electrons. The van der Waals surface area contributed by atoms with E-state index < -0.39 is 9.84 Å². The average Bonchev–Trinajstić information content (AvgIpc) is 2.41. The van der Waals surface area contributed by atoms with Gasteiger partial charge in [-0.25, -0.2) is 8.42 Å². The molecule has 0 spiro atoms. The summed E-state index contributed by atoms with van der Waals surface area (Å²) in [6, 6.07) is 11.7. The van der Waals surface area contributed by atoms with Crippen LogP contribution >= 0.6 is 11.6 Å². The average molecular weight is 326 g/mol. The molecule has 2 aromatic carbocycles. The zero-order valence-electron chi connectivity index (χ0n) is 11.8. The van der Waals surface area contributed by atoms with E-state index in [0.717, 1.165) is 11.8 Å². The molecule has 6 heteroatoms. The molecule has 0 aromatic heterocycles. The summed E-state index contributed by atoms with van der Waals surface area (Å²) in [6.07, 6.45) is 1.16. The first-order valence-electron chi connectivity index (χ1n) is 6.31. The van der Waals surface area contributed by atoms with Crippen molar-refractivity contribution in [3.05, 3.63) is 53.1 Å². The van der Waals surface area contributed by atoms with Crippen molar-refractivity contribution in [3.63, 3.8) is 0 Å². The Hall–Kier alpha value is -1.56. The summed E-state index contributed by atoms with van der Waals surface area (Å²) in [4.78, 5) is 0.220. The number of hydrogen-bond donors (Lipinski definition) is 1. The minimum Gasteiger partial charge on any atom is -0.457 e. The summed E-state index contributed by atoms with van der Waals surface area (Å²) in [5, 5.41) is 3.62. The molecule has 0 aliphatic carbocycles. The molecule has 21 heavy (non-hydrogen) atoms. The van der Waals surface area contributed by atoms with E-state index in [1.807, 2.05) is 13.1 Å². The molecule has 0 saturated carbocycles. The number of hydrogen-bond acceptors (Lipinski definition) is 4. The van der Waals surface area contributed by atoms with Crippen LogP contribution in [-0.2, 0) is 16.4 Å². The SMILES string of the molecule is CNCc1ccc(Oc2cccc(S(C)(=O)=O)c2)cc1Cl. The number of benzene rings is 2. The van der Waals surface area contributed by atoms with Gasteiger partial charge in [0, 0.05) is 17.8 Å². The Labute approximate surface area is 129 Å². The fourth-order valence-corrected chi connectivity index (χ4v) is 2.72. The lowest BCUT2D eigenvalue weighted by Gasteiger charge is -2.09. The van der Waals surface area contributed by atoms with Crippen molar-refractivity contribution in [2.45, 2.75) is 11.4 Å². The normalized spacial score (nSPS) is 11.4. The third-order valence-corrected chi connectivity index (χ3v) is 4.32. The third kappa shape index (κ3) is 4.20. The minimum atomic E-state index is -3.25. The molecule has 0 aliphatic rings. The second kappa shape index (κ2) is 6.47. The van der Waals surface area contributed by atoms with Gasteiger partial charge in [0.25, 0.3) is 0 Å². The van der Waals surface area contributed by atoms with Crippen molar-refractivity contribution >= 4 is 21.4 Å². The Kier molecular flexibility index (Phi) is 4.88. The predicted molar refractivity (Wildman–Crippen MR) is 83.8 cm³/mol. The monoisotopic (exact) mass is 325 g/mol. The first-order valence-corrected chi connectivity index (χ1v) is 8.58. The van der Waals surface area contributed by atoms with E-state index in [1.54, 1.807) is 24.3 Å². The summed E-state index contributed by atoms with van der Waals surface area (Å²) >= 11 is 6.16. The van der Waals surface area contributed by atoms with Crippen molar-refractivity contribution in [3.8, 4) is 11.5 Å². The van der Waals surface area contributed by atoms with Crippen LogP contribution in [0.4, 0.5) is 0 Å². The van der Waals surface area contributed by atoms with Crippen LogP contribution in [0.5, 0.6) is 11.5 Å². The lowest BCUT2D eigenvalue weighted by Crippen LogP contribution is -2.05. The van der Waals surface area contributed by atoms with Gasteiger partial charge in [-0.05, 0) is 42.9 Å². The molecule has 1 N–H and O–H groups in total. The lowest BCUT2D eigenvalue weighted by atomic mass is 10.2. The maximum Gasteiger partial charge on any atom is 0.175 e. The molecule has 2 rings (SSSR count). The molecule has 0 radical (unpaired) electrons. The highest BCUT2D eigenvalue weighted by Gasteiger charge is 2.09. The summed E-state index contributed by atoms with van der Waals surface area (Å²) in [7, 11) is -1.41. The van der Waals surface area contributed by atoms with Crippen molar-refractivity contribution in [2.75, 3.05) is 13.3 Å². The van der Waals surface area contributed by atoms with Gasteiger partial charge in [-0.2, -0.15) is 0 Å². The summed E-state index contributed by atoms with van der Waals surface area (Å²) in [5.41, 5.74) is 0.969. The highest BCUT2D eigenvalue weighted by atomic mass is 35.5. The maximum atomic E-state index is 11.5. The second-order valence-electron chi connectivity index (χ2n) is 4.63. The molecule has 0 saturated heterocycles. The topological polar surface area (TPSA) is 55.4 Å². The van der Waals surface area contributed by atoms with Gasteiger partial charge < -0.3 is 10.1 Å². The molecule has 0 fully saturated rings. The van der Waals surface area contributed by atoms with Gasteiger partial charge >= 0.3 is 0 Å². The highest BCUT2D eigenvalue weighted by Crippen LogP contribution is 2.28. The standard InChI is InChI=1S/C15H16ClNO3S/c1-17-10-11-6-7-13(9-15(11)16)20-12-4-3-5-14(8-12)21(2,18)19/h3-9,17H,10H2,1-2H3. The molecule has 0 atom stereocenters. The number of halogens is 1. The van der Waals surface area contributed by atoms with Gasteiger partial charge in [0.1, 0.15) is 11.5 Å². The van der Waals surface area contributed by atoms with Crippen molar-refractivity contribution in [1.82, 2.24) is 5.32 Å². The summed E-state index contributed by atoms with van der Waals surface area (Å²) < 4.78 is 28.7. The highest BCUT2D eigenvalue weighted by molar-refractivity contribution is 7.90. The molecule has 4 nitrogen and oxygen atoms in total. The van der Waals surface area contributed by atoms with Gasteiger partial charge in [0.2, 0.25) is 0 Å². The molecule has 0 bridgehead atoms.